The van der Waals surface area contributed by atoms with E-state index in [-0.39, 0.29) is 12.1 Å². The second-order valence-electron chi connectivity index (χ2n) is 2.56. The summed E-state index contributed by atoms with van der Waals surface area (Å²) in [5.74, 6) is 0.370. The third-order valence-electron chi connectivity index (χ3n) is 1.33. The molecule has 2 nitrogen and oxygen atoms in total. The number of hydrogen-bond donors (Lipinski definition) is 2. The molecule has 0 aliphatic heterocycles. The van der Waals surface area contributed by atoms with Crippen LogP contribution in [0.3, 0.4) is 0 Å². The highest BCUT2D eigenvalue weighted by atomic mass is 16.3. The van der Waals surface area contributed by atoms with Gasteiger partial charge in [0.1, 0.15) is 0 Å². The molecule has 0 amide bonds. The molecule has 0 spiro atoms. The molecule has 1 unspecified atom stereocenters. The number of rotatable bonds is 2. The minimum Gasteiger partial charge on any atom is -0.392 e. The first-order valence-corrected chi connectivity index (χ1v) is 2.99. The van der Waals surface area contributed by atoms with E-state index >= 15 is 0 Å². The highest BCUT2D eigenvalue weighted by Crippen LogP contribution is 2.01. The van der Waals surface area contributed by atoms with E-state index in [4.69, 9.17) is 10.8 Å². The van der Waals surface area contributed by atoms with Crippen LogP contribution in [0.5, 0.6) is 0 Å². The lowest BCUT2D eigenvalue weighted by atomic mass is 10.0. The Morgan fingerprint density at radius 3 is 1.62 bits per heavy atom. The van der Waals surface area contributed by atoms with E-state index in [0.717, 1.165) is 0 Å². The van der Waals surface area contributed by atoms with Gasteiger partial charge in [-0.15, -0.1) is 0 Å². The Hall–Kier alpha value is -0.0800. The molecule has 2 atom stereocenters. The van der Waals surface area contributed by atoms with Gasteiger partial charge in [0.15, 0.2) is 0 Å². The first-order chi connectivity index (χ1) is 3.55. The van der Waals surface area contributed by atoms with Crippen LogP contribution in [0.15, 0.2) is 0 Å². The molecule has 0 aromatic heterocycles. The molecular weight excluding hydrogens is 102 g/mol. The van der Waals surface area contributed by atoms with Gasteiger partial charge in [0, 0.05) is 6.04 Å². The Labute approximate surface area is 50.7 Å². The molecule has 0 aliphatic rings. The fraction of sp³-hybridized carbons (Fsp3) is 1.00. The molecule has 8 heavy (non-hydrogen) atoms. The van der Waals surface area contributed by atoms with Crippen molar-refractivity contribution in [2.75, 3.05) is 0 Å². The van der Waals surface area contributed by atoms with Crippen LogP contribution in [0.1, 0.15) is 20.8 Å². The average molecular weight is 117 g/mol. The predicted octanol–water partition coefficient (Wildman–Crippen LogP) is 0.350. The van der Waals surface area contributed by atoms with E-state index in [9.17, 15) is 0 Å². The van der Waals surface area contributed by atoms with Gasteiger partial charge in [0.25, 0.3) is 0 Å². The largest absolute Gasteiger partial charge is 0.392 e. The molecule has 0 saturated heterocycles. The van der Waals surface area contributed by atoms with Crippen LogP contribution in [0, 0.1) is 5.92 Å². The van der Waals surface area contributed by atoms with Crippen molar-refractivity contribution in [1.82, 2.24) is 0 Å². The fourth-order valence-corrected chi connectivity index (χ4v) is 0.557. The Balaban J connectivity index is 3.46. The van der Waals surface area contributed by atoms with E-state index in [1.807, 2.05) is 13.8 Å². The zero-order valence-electron chi connectivity index (χ0n) is 5.76. The predicted molar refractivity (Wildman–Crippen MR) is 34.5 cm³/mol. The van der Waals surface area contributed by atoms with Crippen molar-refractivity contribution in [2.45, 2.75) is 32.9 Å². The maximum atomic E-state index is 8.87. The normalized spacial score (nSPS) is 18.8. The van der Waals surface area contributed by atoms with Crippen molar-refractivity contribution < 1.29 is 5.11 Å². The van der Waals surface area contributed by atoms with E-state index in [2.05, 4.69) is 0 Å². The molecule has 0 aromatic rings. The summed E-state index contributed by atoms with van der Waals surface area (Å²) in [5.41, 5.74) is 5.51. The van der Waals surface area contributed by atoms with Crippen LogP contribution in [-0.2, 0) is 0 Å². The summed E-state index contributed by atoms with van der Waals surface area (Å²) in [6.45, 7) is 5.71. The lowest BCUT2D eigenvalue weighted by Crippen LogP contribution is -2.36. The molecular formula is C6H15NO. The quantitative estimate of drug-likeness (QED) is 0.548. The first kappa shape index (κ1) is 7.92. The van der Waals surface area contributed by atoms with Crippen molar-refractivity contribution in [3.05, 3.63) is 0 Å². The smallest absolute Gasteiger partial charge is 0.0665 e. The summed E-state index contributed by atoms with van der Waals surface area (Å²) < 4.78 is 0. The van der Waals surface area contributed by atoms with Gasteiger partial charge in [0.05, 0.1) is 6.10 Å². The van der Waals surface area contributed by atoms with E-state index in [0.29, 0.717) is 5.92 Å². The molecule has 0 aliphatic carbocycles. The number of aliphatic hydroxyl groups is 1. The van der Waals surface area contributed by atoms with Crippen LogP contribution in [-0.4, -0.2) is 17.3 Å². The zero-order chi connectivity index (χ0) is 6.73. The van der Waals surface area contributed by atoms with E-state index in [1.54, 1.807) is 6.92 Å². The minimum absolute atomic E-state index is 0.0741. The molecule has 3 N–H and O–H groups in total. The van der Waals surface area contributed by atoms with Crippen LogP contribution in [0.4, 0.5) is 0 Å². The summed E-state index contributed by atoms with van der Waals surface area (Å²) >= 11 is 0. The Morgan fingerprint density at radius 2 is 1.62 bits per heavy atom. The highest BCUT2D eigenvalue weighted by Gasteiger charge is 2.11. The van der Waals surface area contributed by atoms with Gasteiger partial charge in [-0.3, -0.25) is 0 Å². The molecule has 0 radical (unpaired) electrons. The number of nitrogens with two attached hydrogens (primary N) is 1. The van der Waals surface area contributed by atoms with Crippen molar-refractivity contribution >= 4 is 0 Å². The van der Waals surface area contributed by atoms with Gasteiger partial charge in [-0.2, -0.15) is 0 Å². The highest BCUT2D eigenvalue weighted by molar-refractivity contribution is 4.69. The monoisotopic (exact) mass is 117 g/mol. The lowest BCUT2D eigenvalue weighted by molar-refractivity contribution is 0.142. The number of aliphatic hydroxyl groups excluding tert-OH is 1. The van der Waals surface area contributed by atoms with Crippen molar-refractivity contribution in [1.29, 1.82) is 0 Å². The van der Waals surface area contributed by atoms with Crippen LogP contribution in [0.2, 0.25) is 0 Å². The first-order valence-electron chi connectivity index (χ1n) is 2.99. The molecule has 0 aromatic carbocycles. The molecule has 0 rings (SSSR count). The van der Waals surface area contributed by atoms with Crippen LogP contribution >= 0.6 is 0 Å². The summed E-state index contributed by atoms with van der Waals surface area (Å²) in [6, 6.07) is -0.0741. The Bertz CT molecular complexity index is 53.5. The van der Waals surface area contributed by atoms with Crippen molar-refractivity contribution in [3.8, 4) is 0 Å². The van der Waals surface area contributed by atoms with Crippen LogP contribution < -0.4 is 5.73 Å². The van der Waals surface area contributed by atoms with Gasteiger partial charge in [-0.05, 0) is 12.8 Å². The van der Waals surface area contributed by atoms with Crippen molar-refractivity contribution in [3.63, 3.8) is 0 Å². The Kier molecular flexibility index (Phi) is 3.02. The van der Waals surface area contributed by atoms with Gasteiger partial charge in [-0.25, -0.2) is 0 Å². The molecule has 0 heterocycles. The Morgan fingerprint density at radius 1 is 1.25 bits per heavy atom. The third-order valence-corrected chi connectivity index (χ3v) is 1.33. The summed E-state index contributed by atoms with van der Waals surface area (Å²) in [4.78, 5) is 0. The molecule has 2 heteroatoms. The summed E-state index contributed by atoms with van der Waals surface area (Å²) in [6.07, 6.45) is -0.380. The minimum atomic E-state index is -0.380. The third kappa shape index (κ3) is 2.28. The summed E-state index contributed by atoms with van der Waals surface area (Å²) in [7, 11) is 0. The number of hydrogen-bond acceptors (Lipinski definition) is 2. The molecule has 50 valence electrons. The SMILES string of the molecule is CC(C)C(N)[C@H](C)O. The topological polar surface area (TPSA) is 46.2 Å². The van der Waals surface area contributed by atoms with Crippen LogP contribution in [0.25, 0.3) is 0 Å². The molecule has 0 bridgehead atoms. The maximum absolute atomic E-state index is 8.87. The second kappa shape index (κ2) is 3.05. The van der Waals surface area contributed by atoms with Gasteiger partial charge >= 0.3 is 0 Å². The standard InChI is InChI=1S/C6H15NO/c1-4(2)6(7)5(3)8/h4-6,8H,7H2,1-3H3/t5-,6?/m0/s1. The van der Waals surface area contributed by atoms with E-state index < -0.39 is 0 Å². The van der Waals surface area contributed by atoms with E-state index in [1.165, 1.54) is 0 Å². The lowest BCUT2D eigenvalue weighted by Gasteiger charge is -2.17. The molecule has 0 saturated carbocycles. The van der Waals surface area contributed by atoms with Gasteiger partial charge < -0.3 is 10.8 Å². The fourth-order valence-electron chi connectivity index (χ4n) is 0.557. The molecule has 0 fully saturated rings. The summed E-state index contributed by atoms with van der Waals surface area (Å²) in [5, 5.41) is 8.87. The van der Waals surface area contributed by atoms with Gasteiger partial charge in [-0.1, -0.05) is 13.8 Å². The second-order valence-corrected chi connectivity index (χ2v) is 2.56. The average Bonchev–Trinajstić information content (AvgIpc) is 1.64. The van der Waals surface area contributed by atoms with Crippen molar-refractivity contribution in [2.24, 2.45) is 11.7 Å². The zero-order valence-corrected chi connectivity index (χ0v) is 5.76. The maximum Gasteiger partial charge on any atom is 0.0665 e. The van der Waals surface area contributed by atoms with Gasteiger partial charge in [0.2, 0.25) is 0 Å².